The second-order valence-electron chi connectivity index (χ2n) is 7.71. The summed E-state index contributed by atoms with van der Waals surface area (Å²) in [6.07, 6.45) is 3.70. The van der Waals surface area contributed by atoms with Crippen LogP contribution in [0.2, 0.25) is 0 Å². The summed E-state index contributed by atoms with van der Waals surface area (Å²) < 4.78 is 13.3. The van der Waals surface area contributed by atoms with Gasteiger partial charge in [0.2, 0.25) is 0 Å². The molecule has 7 heteroatoms. The van der Waals surface area contributed by atoms with Gasteiger partial charge in [-0.05, 0) is 18.2 Å². The molecule has 3 atom stereocenters. The van der Waals surface area contributed by atoms with E-state index < -0.39 is 0 Å². The number of hydrogen-bond acceptors (Lipinski definition) is 6. The Kier molecular flexibility index (Phi) is 4.89. The fourth-order valence-electron chi connectivity index (χ4n) is 3.49. The fourth-order valence-corrected chi connectivity index (χ4v) is 3.49. The van der Waals surface area contributed by atoms with Crippen LogP contribution in [0.25, 0.3) is 0 Å². The van der Waals surface area contributed by atoms with Gasteiger partial charge in [-0.1, -0.05) is 32.9 Å². The molecule has 7 nitrogen and oxygen atoms in total. The molecular formula is C19H26N4O3. The first-order chi connectivity index (χ1) is 12.3. The largest absolute Gasteiger partial charge is 0.497 e. The minimum atomic E-state index is -0.316. The summed E-state index contributed by atoms with van der Waals surface area (Å²) in [6, 6.07) is 5.62. The van der Waals surface area contributed by atoms with Crippen LogP contribution in [0.1, 0.15) is 51.6 Å². The van der Waals surface area contributed by atoms with Crippen LogP contribution in [0.5, 0.6) is 11.5 Å². The monoisotopic (exact) mass is 358 g/mol. The number of nitrogens with zero attached hydrogens (tertiary/aromatic N) is 4. The molecule has 1 N–H and O–H groups in total. The van der Waals surface area contributed by atoms with Crippen LogP contribution in [-0.2, 0) is 0 Å². The number of aromatic nitrogens is 3. The van der Waals surface area contributed by atoms with Crippen molar-refractivity contribution in [3.8, 4) is 11.5 Å². The van der Waals surface area contributed by atoms with E-state index in [1.165, 1.54) is 6.33 Å². The maximum Gasteiger partial charge on any atom is 0.137 e. The lowest BCUT2D eigenvalue weighted by molar-refractivity contribution is 0.181. The van der Waals surface area contributed by atoms with Crippen LogP contribution < -0.4 is 9.47 Å². The zero-order chi connectivity index (χ0) is 18.9. The lowest BCUT2D eigenvalue weighted by Crippen LogP contribution is -2.35. The first-order valence-electron chi connectivity index (χ1n) is 8.76. The number of ether oxygens (including phenoxy) is 2. The molecule has 0 aliphatic carbocycles. The number of hydrogen-bond donors (Lipinski definition) is 1. The average molecular weight is 358 g/mol. The van der Waals surface area contributed by atoms with Crippen LogP contribution in [0, 0.1) is 5.41 Å². The standard InChI is InChI=1S/C19H26N4O3/c1-12-14-8-13(25-5)6-7-16(14)26-17(12)9-15(23-11-20-10-21-23)18(22-24)19(2,3)4/h6-8,10-12,15,17,24H,9H2,1-5H3. The van der Waals surface area contributed by atoms with Gasteiger partial charge in [-0.15, -0.1) is 0 Å². The third kappa shape index (κ3) is 3.38. The van der Waals surface area contributed by atoms with Gasteiger partial charge >= 0.3 is 0 Å². The van der Waals surface area contributed by atoms with Crippen molar-refractivity contribution in [2.45, 2.75) is 52.2 Å². The van der Waals surface area contributed by atoms with Crippen molar-refractivity contribution in [3.05, 3.63) is 36.4 Å². The number of benzene rings is 1. The first-order valence-corrected chi connectivity index (χ1v) is 8.76. The molecule has 3 rings (SSSR count). The van der Waals surface area contributed by atoms with Gasteiger partial charge in [-0.25, -0.2) is 9.67 Å². The van der Waals surface area contributed by atoms with Gasteiger partial charge in [-0.2, -0.15) is 5.10 Å². The normalized spacial score (nSPS) is 21.2. The number of methoxy groups -OCH3 is 1. The molecule has 1 aliphatic heterocycles. The molecule has 0 fully saturated rings. The van der Waals surface area contributed by atoms with Gasteiger partial charge in [0.25, 0.3) is 0 Å². The minimum absolute atomic E-state index is 0.0644. The minimum Gasteiger partial charge on any atom is -0.497 e. The number of rotatable bonds is 5. The summed E-state index contributed by atoms with van der Waals surface area (Å²) in [5.74, 6) is 1.88. The van der Waals surface area contributed by atoms with E-state index in [-0.39, 0.29) is 23.5 Å². The van der Waals surface area contributed by atoms with Crippen LogP contribution in [0.15, 0.2) is 36.0 Å². The molecule has 0 bridgehead atoms. The Bertz CT molecular complexity index is 781. The van der Waals surface area contributed by atoms with Crippen LogP contribution >= 0.6 is 0 Å². The fraction of sp³-hybridized carbons (Fsp3) is 0.526. The van der Waals surface area contributed by atoms with E-state index in [1.807, 2.05) is 39.0 Å². The molecule has 0 saturated carbocycles. The van der Waals surface area contributed by atoms with E-state index in [2.05, 4.69) is 22.2 Å². The molecule has 1 aliphatic rings. The van der Waals surface area contributed by atoms with E-state index in [4.69, 9.17) is 9.47 Å². The van der Waals surface area contributed by atoms with Gasteiger partial charge in [0, 0.05) is 23.3 Å². The van der Waals surface area contributed by atoms with Gasteiger partial charge < -0.3 is 14.7 Å². The van der Waals surface area contributed by atoms with E-state index in [9.17, 15) is 5.21 Å². The Balaban J connectivity index is 1.89. The molecule has 2 aromatic rings. The van der Waals surface area contributed by atoms with Crippen molar-refractivity contribution in [3.63, 3.8) is 0 Å². The van der Waals surface area contributed by atoms with Crippen LogP contribution in [-0.4, -0.2) is 38.9 Å². The van der Waals surface area contributed by atoms with Crippen molar-refractivity contribution >= 4 is 5.71 Å². The van der Waals surface area contributed by atoms with Gasteiger partial charge in [0.1, 0.15) is 30.3 Å². The Morgan fingerprint density at radius 2 is 2.19 bits per heavy atom. The lowest BCUT2D eigenvalue weighted by Gasteiger charge is -2.30. The zero-order valence-electron chi connectivity index (χ0n) is 15.9. The van der Waals surface area contributed by atoms with Crippen molar-refractivity contribution < 1.29 is 14.7 Å². The second-order valence-corrected chi connectivity index (χ2v) is 7.71. The summed E-state index contributed by atoms with van der Waals surface area (Å²) in [5.41, 5.74) is 1.46. The van der Waals surface area contributed by atoms with E-state index in [0.717, 1.165) is 17.1 Å². The number of fused-ring (bicyclic) bond motifs is 1. The molecule has 1 aromatic heterocycles. The summed E-state index contributed by atoms with van der Waals surface area (Å²) >= 11 is 0. The predicted octanol–water partition coefficient (Wildman–Crippen LogP) is 3.66. The van der Waals surface area contributed by atoms with Gasteiger partial charge in [0.15, 0.2) is 0 Å². The smallest absolute Gasteiger partial charge is 0.137 e. The van der Waals surface area contributed by atoms with Crippen LogP contribution in [0.3, 0.4) is 0 Å². The van der Waals surface area contributed by atoms with Gasteiger partial charge in [-0.3, -0.25) is 0 Å². The van der Waals surface area contributed by atoms with E-state index >= 15 is 0 Å². The molecule has 0 spiro atoms. The summed E-state index contributed by atoms with van der Waals surface area (Å²) in [4.78, 5) is 4.06. The molecule has 0 amide bonds. The summed E-state index contributed by atoms with van der Waals surface area (Å²) in [5, 5.41) is 17.6. The Labute approximate surface area is 153 Å². The quantitative estimate of drug-likeness (QED) is 0.501. The molecule has 3 unspecified atom stereocenters. The van der Waals surface area contributed by atoms with E-state index in [0.29, 0.717) is 12.1 Å². The highest BCUT2D eigenvalue weighted by Crippen LogP contribution is 2.43. The molecule has 26 heavy (non-hydrogen) atoms. The second kappa shape index (κ2) is 6.97. The highest BCUT2D eigenvalue weighted by Gasteiger charge is 2.38. The maximum absolute atomic E-state index is 9.68. The van der Waals surface area contributed by atoms with Crippen molar-refractivity contribution in [2.75, 3.05) is 7.11 Å². The third-order valence-electron chi connectivity index (χ3n) is 4.95. The lowest BCUT2D eigenvalue weighted by atomic mass is 9.82. The average Bonchev–Trinajstić information content (AvgIpc) is 3.22. The van der Waals surface area contributed by atoms with Crippen molar-refractivity contribution in [2.24, 2.45) is 10.6 Å². The third-order valence-corrected chi connectivity index (χ3v) is 4.95. The Morgan fingerprint density at radius 3 is 2.77 bits per heavy atom. The molecule has 1 aromatic carbocycles. The first kappa shape index (κ1) is 18.2. The topological polar surface area (TPSA) is 81.8 Å². The predicted molar refractivity (Wildman–Crippen MR) is 98.2 cm³/mol. The SMILES string of the molecule is COc1ccc2c(c1)C(C)C(CC(C(=NO)C(C)(C)C)n1cncn1)O2. The maximum atomic E-state index is 9.68. The Hall–Kier alpha value is -2.57. The highest BCUT2D eigenvalue weighted by molar-refractivity contribution is 5.92. The van der Waals surface area contributed by atoms with Gasteiger partial charge in [0.05, 0.1) is 18.9 Å². The zero-order valence-corrected chi connectivity index (χ0v) is 15.9. The van der Waals surface area contributed by atoms with Crippen molar-refractivity contribution in [1.29, 1.82) is 0 Å². The molecular weight excluding hydrogens is 332 g/mol. The van der Waals surface area contributed by atoms with Crippen LogP contribution in [0.4, 0.5) is 0 Å². The summed E-state index contributed by atoms with van der Waals surface area (Å²) in [6.45, 7) is 8.20. The number of oxime groups is 1. The Morgan fingerprint density at radius 1 is 1.42 bits per heavy atom. The molecule has 140 valence electrons. The van der Waals surface area contributed by atoms with E-state index in [1.54, 1.807) is 18.1 Å². The molecule has 2 heterocycles. The molecule has 0 radical (unpaired) electrons. The summed E-state index contributed by atoms with van der Waals surface area (Å²) in [7, 11) is 1.66. The highest BCUT2D eigenvalue weighted by atomic mass is 16.5. The van der Waals surface area contributed by atoms with Crippen molar-refractivity contribution in [1.82, 2.24) is 14.8 Å². The molecule has 0 saturated heterocycles.